The van der Waals surface area contributed by atoms with Crippen LogP contribution in [0.5, 0.6) is 11.6 Å². The van der Waals surface area contributed by atoms with Crippen molar-refractivity contribution in [3.63, 3.8) is 0 Å². The van der Waals surface area contributed by atoms with Crippen molar-refractivity contribution in [1.29, 1.82) is 0 Å². The second-order valence-electron chi connectivity index (χ2n) is 13.7. The first-order chi connectivity index (χ1) is 25.2. The van der Waals surface area contributed by atoms with E-state index < -0.39 is 0 Å². The Kier molecular flexibility index (Phi) is 9.24. The van der Waals surface area contributed by atoms with Crippen molar-refractivity contribution < 1.29 is 19.1 Å². The highest BCUT2D eigenvalue weighted by Gasteiger charge is 2.47. The summed E-state index contributed by atoms with van der Waals surface area (Å²) in [4.78, 5) is 39.9. The molecule has 52 heavy (non-hydrogen) atoms. The number of carbonyl (C=O) groups is 2. The zero-order valence-corrected chi connectivity index (χ0v) is 30.4. The van der Waals surface area contributed by atoms with Crippen LogP contribution in [-0.2, 0) is 22.7 Å². The fourth-order valence-electron chi connectivity index (χ4n) is 7.57. The van der Waals surface area contributed by atoms with Crippen molar-refractivity contribution in [1.82, 2.24) is 40.2 Å². The van der Waals surface area contributed by atoms with Crippen molar-refractivity contribution in [2.75, 3.05) is 33.9 Å². The van der Waals surface area contributed by atoms with Crippen molar-refractivity contribution in [3.05, 3.63) is 82.4 Å². The summed E-state index contributed by atoms with van der Waals surface area (Å²) >= 11 is 14.3. The van der Waals surface area contributed by atoms with Crippen LogP contribution in [0.3, 0.4) is 0 Å². The van der Waals surface area contributed by atoms with E-state index in [1.807, 2.05) is 59.3 Å². The van der Waals surface area contributed by atoms with E-state index >= 15 is 0 Å². The molecule has 5 aromatic rings. The van der Waals surface area contributed by atoms with Crippen molar-refractivity contribution in [3.8, 4) is 45.3 Å². The SMILES string of the molecule is COc1nc(-c2cccc(-c3ccnc(-c4cc(OC)c5nc(CN6CC7(CCC(=O)N7)C6)cn5c4)c3Cl)c2Cl)ccc1CNCC1CCC(=O)N1. The first-order valence-electron chi connectivity index (χ1n) is 17.3. The lowest BCUT2D eigenvalue weighted by Crippen LogP contribution is -2.66. The Labute approximate surface area is 310 Å². The van der Waals surface area contributed by atoms with Gasteiger partial charge >= 0.3 is 0 Å². The number of aromatic nitrogens is 4. The van der Waals surface area contributed by atoms with Gasteiger partial charge in [0.25, 0.3) is 0 Å². The third-order valence-electron chi connectivity index (χ3n) is 10.1. The quantitative estimate of drug-likeness (QED) is 0.165. The van der Waals surface area contributed by atoms with E-state index in [1.165, 1.54) is 0 Å². The van der Waals surface area contributed by atoms with Gasteiger partial charge in [-0.2, -0.15) is 0 Å². The number of nitrogens with one attached hydrogen (secondary N) is 3. The highest BCUT2D eigenvalue weighted by atomic mass is 35.5. The van der Waals surface area contributed by atoms with Crippen LogP contribution in [0.1, 0.15) is 36.9 Å². The Morgan fingerprint density at radius 2 is 1.79 bits per heavy atom. The molecule has 1 aromatic carbocycles. The molecule has 1 spiro atoms. The predicted octanol–water partition coefficient (Wildman–Crippen LogP) is 5.28. The van der Waals surface area contributed by atoms with Crippen LogP contribution in [0.4, 0.5) is 0 Å². The second-order valence-corrected chi connectivity index (χ2v) is 14.5. The number of carbonyl (C=O) groups excluding carboxylic acids is 2. The number of nitrogens with zero attached hydrogens (tertiary/aromatic N) is 5. The van der Waals surface area contributed by atoms with Gasteiger partial charge in [0, 0.05) is 98.0 Å². The maximum atomic E-state index is 11.8. The molecule has 3 fully saturated rings. The van der Waals surface area contributed by atoms with Crippen LogP contribution >= 0.6 is 23.2 Å². The van der Waals surface area contributed by atoms with Gasteiger partial charge in [0.15, 0.2) is 11.4 Å². The zero-order chi connectivity index (χ0) is 36.0. The topological polar surface area (TPSA) is 135 Å². The van der Waals surface area contributed by atoms with Crippen LogP contribution in [0.25, 0.3) is 39.3 Å². The zero-order valence-electron chi connectivity index (χ0n) is 28.8. The molecule has 0 radical (unpaired) electrons. The number of imidazole rings is 1. The van der Waals surface area contributed by atoms with E-state index in [0.717, 1.165) is 59.4 Å². The van der Waals surface area contributed by atoms with E-state index in [0.29, 0.717) is 71.2 Å². The Bertz CT molecular complexity index is 2200. The lowest BCUT2D eigenvalue weighted by molar-refractivity contribution is -0.121. The maximum Gasteiger partial charge on any atom is 0.220 e. The normalized spacial score (nSPS) is 18.1. The van der Waals surface area contributed by atoms with Crippen molar-refractivity contribution in [2.24, 2.45) is 0 Å². The molecule has 3 saturated heterocycles. The minimum Gasteiger partial charge on any atom is -0.493 e. The Morgan fingerprint density at radius 1 is 0.962 bits per heavy atom. The summed E-state index contributed by atoms with van der Waals surface area (Å²) < 4.78 is 13.4. The number of halogens is 2. The largest absolute Gasteiger partial charge is 0.493 e. The number of ether oxygens (including phenoxy) is 2. The maximum absolute atomic E-state index is 11.8. The molecule has 8 rings (SSSR count). The molecule has 0 aliphatic carbocycles. The second kappa shape index (κ2) is 14.0. The van der Waals surface area contributed by atoms with Crippen molar-refractivity contribution in [2.45, 2.75) is 50.4 Å². The molecule has 14 heteroatoms. The summed E-state index contributed by atoms with van der Waals surface area (Å²) in [6, 6.07) is 13.6. The number of hydrogen-bond acceptors (Lipinski definition) is 9. The van der Waals surface area contributed by atoms with E-state index in [1.54, 1.807) is 20.4 Å². The summed E-state index contributed by atoms with van der Waals surface area (Å²) in [5, 5.41) is 10.4. The minimum absolute atomic E-state index is 0.0834. The van der Waals surface area contributed by atoms with Gasteiger partial charge in [0.2, 0.25) is 17.7 Å². The van der Waals surface area contributed by atoms with Crippen LogP contribution in [0, 0.1) is 0 Å². The molecule has 4 aromatic heterocycles. The molecule has 1 atom stereocenters. The third kappa shape index (κ3) is 6.56. The number of benzene rings is 1. The number of hydrogen-bond donors (Lipinski definition) is 3. The molecule has 3 aliphatic rings. The number of fused-ring (bicyclic) bond motifs is 1. The Hall–Kier alpha value is -4.75. The molecule has 12 nitrogen and oxygen atoms in total. The molecule has 3 N–H and O–H groups in total. The minimum atomic E-state index is -0.0834. The predicted molar refractivity (Wildman–Crippen MR) is 198 cm³/mol. The van der Waals surface area contributed by atoms with Gasteiger partial charge in [0.05, 0.1) is 46.9 Å². The number of pyridine rings is 3. The van der Waals surface area contributed by atoms with Crippen molar-refractivity contribution >= 4 is 40.7 Å². The van der Waals surface area contributed by atoms with Crippen LogP contribution in [-0.4, -0.2) is 81.5 Å². The smallest absolute Gasteiger partial charge is 0.220 e. The summed E-state index contributed by atoms with van der Waals surface area (Å²) in [6.45, 7) is 3.53. The van der Waals surface area contributed by atoms with Gasteiger partial charge in [0.1, 0.15) is 0 Å². The molecule has 2 amide bonds. The Balaban J connectivity index is 1.04. The van der Waals surface area contributed by atoms with Crippen LogP contribution < -0.4 is 25.4 Å². The van der Waals surface area contributed by atoms with Gasteiger partial charge in [-0.25, -0.2) is 9.97 Å². The van der Waals surface area contributed by atoms with Gasteiger partial charge in [-0.15, -0.1) is 0 Å². The highest BCUT2D eigenvalue weighted by molar-refractivity contribution is 6.39. The van der Waals surface area contributed by atoms with Crippen LogP contribution in [0.15, 0.2) is 61.1 Å². The summed E-state index contributed by atoms with van der Waals surface area (Å²) in [6.07, 6.45) is 8.55. The van der Waals surface area contributed by atoms with E-state index in [2.05, 4.69) is 25.8 Å². The molecule has 7 heterocycles. The molecule has 268 valence electrons. The van der Waals surface area contributed by atoms with E-state index in [-0.39, 0.29) is 23.4 Å². The van der Waals surface area contributed by atoms with Gasteiger partial charge in [-0.05, 0) is 31.0 Å². The van der Waals surface area contributed by atoms with Crippen LogP contribution in [0.2, 0.25) is 10.0 Å². The molecule has 3 aliphatic heterocycles. The number of amides is 2. The highest BCUT2D eigenvalue weighted by Crippen LogP contribution is 2.42. The number of rotatable bonds is 11. The molecule has 1 unspecified atom stereocenters. The lowest BCUT2D eigenvalue weighted by Gasteiger charge is -2.47. The summed E-state index contributed by atoms with van der Waals surface area (Å²) in [7, 11) is 3.22. The van der Waals surface area contributed by atoms with E-state index in [9.17, 15) is 9.59 Å². The monoisotopic (exact) mass is 740 g/mol. The molecular formula is C38H38Cl2N8O4. The lowest BCUT2D eigenvalue weighted by atomic mass is 9.88. The average Bonchev–Trinajstić information content (AvgIpc) is 3.86. The first-order valence-corrected chi connectivity index (χ1v) is 18.1. The standard InChI is InChI=1S/C38H38Cl2N8O4/c1-51-30-14-23(17-48-19-25(44-36(30)48)18-47-20-38(21-47)12-10-32(50)46-38)35-34(40)27(11-13-42-35)26-4-3-5-28(33(26)39)29-8-6-22(37(45-29)52-2)15-41-16-24-7-9-31(49)43-24/h3-6,8,11,13-14,17,19,24,41H,7,9-10,12,15-16,18,20-21H2,1-2H3,(H,43,49)(H,46,50). The molecule has 0 bridgehead atoms. The summed E-state index contributed by atoms with van der Waals surface area (Å²) in [5.74, 6) is 1.32. The summed E-state index contributed by atoms with van der Waals surface area (Å²) in [5.41, 5.74) is 6.60. The fraction of sp³-hybridized carbons (Fsp3) is 0.342. The van der Waals surface area contributed by atoms with Gasteiger partial charge in [-0.1, -0.05) is 47.5 Å². The Morgan fingerprint density at radius 3 is 2.54 bits per heavy atom. The number of methoxy groups -OCH3 is 2. The van der Waals surface area contributed by atoms with E-state index in [4.69, 9.17) is 42.6 Å². The molecular weight excluding hydrogens is 703 g/mol. The first kappa shape index (κ1) is 34.3. The van der Waals surface area contributed by atoms with Gasteiger partial charge in [-0.3, -0.25) is 19.5 Å². The molecule has 0 saturated carbocycles. The third-order valence-corrected chi connectivity index (χ3v) is 10.9. The van der Waals surface area contributed by atoms with Gasteiger partial charge < -0.3 is 29.8 Å². The fourth-order valence-corrected chi connectivity index (χ4v) is 8.22. The number of likely N-dealkylation sites (tertiary alicyclic amines) is 1. The average molecular weight is 742 g/mol.